The number of nitrogens with zero attached hydrogens (tertiary/aromatic N) is 1. The maximum atomic E-state index is 12.2. The van der Waals surface area contributed by atoms with Gasteiger partial charge in [-0.2, -0.15) is 0 Å². The lowest BCUT2D eigenvalue weighted by Gasteiger charge is -2.08. The van der Waals surface area contributed by atoms with Gasteiger partial charge in [0.15, 0.2) is 0 Å². The molecule has 112 valence electrons. The Morgan fingerprint density at radius 1 is 1.05 bits per heavy atom. The monoisotopic (exact) mass is 316 g/mol. The van der Waals surface area contributed by atoms with Gasteiger partial charge in [-0.25, -0.2) is 4.98 Å². The van der Waals surface area contributed by atoms with Gasteiger partial charge in [-0.3, -0.25) is 4.79 Å². The molecule has 0 amide bonds. The Hall–Kier alpha value is -2.21. The van der Waals surface area contributed by atoms with Crippen LogP contribution < -0.4 is 5.56 Å². The Labute approximate surface area is 130 Å². The summed E-state index contributed by atoms with van der Waals surface area (Å²) in [4.78, 5) is 19.4. The molecule has 0 fully saturated rings. The summed E-state index contributed by atoms with van der Waals surface area (Å²) in [7, 11) is 0. The van der Waals surface area contributed by atoms with Crippen molar-refractivity contribution in [3.63, 3.8) is 0 Å². The largest absolute Gasteiger partial charge is 0.392 e. The van der Waals surface area contributed by atoms with E-state index in [4.69, 9.17) is 11.6 Å². The van der Waals surface area contributed by atoms with E-state index in [1.807, 2.05) is 0 Å². The van der Waals surface area contributed by atoms with Gasteiger partial charge >= 0.3 is 0 Å². The molecule has 5 nitrogen and oxygen atoms in total. The fraction of sp³-hybridized carbons (Fsp3) is 0.125. The smallest absolute Gasteiger partial charge is 0.259 e. The Kier molecular flexibility index (Phi) is 3.94. The Balaban J connectivity index is 2.23. The molecule has 2 aromatic carbocycles. The molecule has 22 heavy (non-hydrogen) atoms. The molecule has 3 N–H and O–H groups in total. The third kappa shape index (κ3) is 2.62. The number of aliphatic hydroxyl groups excluding tert-OH is 2. The number of hydrogen-bond acceptors (Lipinski definition) is 4. The van der Waals surface area contributed by atoms with Crippen LogP contribution in [-0.4, -0.2) is 20.2 Å². The molecule has 0 radical (unpaired) electrons. The number of nitrogens with one attached hydrogen (secondary N) is 1. The standard InChI is InChI=1S/C16H13ClN2O3/c17-12-3-1-9(2-4-12)15-18-14-6-11(8-21)10(7-20)5-13(14)16(22)19-15/h1-6,20-21H,7-8H2,(H,18,19,22). The van der Waals surface area contributed by atoms with Crippen molar-refractivity contribution in [1.29, 1.82) is 0 Å². The highest BCUT2D eigenvalue weighted by atomic mass is 35.5. The first kappa shape index (κ1) is 14.7. The second-order valence-corrected chi connectivity index (χ2v) is 5.31. The van der Waals surface area contributed by atoms with Crippen LogP contribution in [0, 0.1) is 0 Å². The fourth-order valence-electron chi connectivity index (χ4n) is 2.31. The van der Waals surface area contributed by atoms with Gasteiger partial charge in [0.1, 0.15) is 5.82 Å². The van der Waals surface area contributed by atoms with Gasteiger partial charge in [0.2, 0.25) is 0 Å². The summed E-state index contributed by atoms with van der Waals surface area (Å²) in [6.45, 7) is -0.471. The minimum absolute atomic E-state index is 0.226. The molecule has 0 aliphatic rings. The Morgan fingerprint density at radius 2 is 1.68 bits per heavy atom. The number of benzene rings is 2. The molecule has 0 saturated carbocycles. The topological polar surface area (TPSA) is 86.2 Å². The highest BCUT2D eigenvalue weighted by Gasteiger charge is 2.10. The van der Waals surface area contributed by atoms with Crippen LogP contribution in [-0.2, 0) is 13.2 Å². The molecular formula is C16H13ClN2O3. The van der Waals surface area contributed by atoms with Crippen LogP contribution in [0.2, 0.25) is 5.02 Å². The number of aromatic nitrogens is 2. The average molecular weight is 317 g/mol. The number of halogens is 1. The molecule has 1 aromatic heterocycles. The molecule has 3 aromatic rings. The normalized spacial score (nSPS) is 11.0. The predicted molar refractivity (Wildman–Crippen MR) is 84.7 cm³/mol. The molecule has 0 bridgehead atoms. The van der Waals surface area contributed by atoms with Crippen molar-refractivity contribution >= 4 is 22.5 Å². The van der Waals surface area contributed by atoms with Crippen LogP contribution in [0.25, 0.3) is 22.3 Å². The number of aliphatic hydroxyl groups is 2. The van der Waals surface area contributed by atoms with E-state index in [0.717, 1.165) is 5.56 Å². The second kappa shape index (κ2) is 5.88. The maximum absolute atomic E-state index is 12.2. The lowest BCUT2D eigenvalue weighted by Crippen LogP contribution is -2.11. The van der Waals surface area contributed by atoms with E-state index in [9.17, 15) is 15.0 Å². The molecule has 0 saturated heterocycles. The van der Waals surface area contributed by atoms with Gasteiger partial charge in [0.25, 0.3) is 5.56 Å². The molecule has 0 aliphatic carbocycles. The summed E-state index contributed by atoms with van der Waals surface area (Å²) >= 11 is 5.85. The van der Waals surface area contributed by atoms with E-state index in [-0.39, 0.29) is 18.8 Å². The molecule has 6 heteroatoms. The van der Waals surface area contributed by atoms with Crippen LogP contribution in [0.5, 0.6) is 0 Å². The molecular weight excluding hydrogens is 304 g/mol. The first-order valence-corrected chi connectivity index (χ1v) is 7.03. The van der Waals surface area contributed by atoms with E-state index in [1.165, 1.54) is 0 Å². The van der Waals surface area contributed by atoms with Crippen LogP contribution in [0.15, 0.2) is 41.2 Å². The Bertz CT molecular complexity index is 888. The number of fused-ring (bicyclic) bond motifs is 1. The van der Waals surface area contributed by atoms with Crippen molar-refractivity contribution in [2.45, 2.75) is 13.2 Å². The average Bonchev–Trinajstić information content (AvgIpc) is 2.54. The summed E-state index contributed by atoms with van der Waals surface area (Å²) < 4.78 is 0. The zero-order chi connectivity index (χ0) is 15.7. The zero-order valence-electron chi connectivity index (χ0n) is 11.5. The van der Waals surface area contributed by atoms with Gasteiger partial charge in [-0.05, 0) is 47.5 Å². The van der Waals surface area contributed by atoms with Crippen molar-refractivity contribution in [3.05, 3.63) is 62.9 Å². The summed E-state index contributed by atoms with van der Waals surface area (Å²) in [6, 6.07) is 10.1. The van der Waals surface area contributed by atoms with Gasteiger partial charge < -0.3 is 15.2 Å². The van der Waals surface area contributed by atoms with Crippen LogP contribution in [0.4, 0.5) is 0 Å². The predicted octanol–water partition coefficient (Wildman–Crippen LogP) is 2.23. The minimum atomic E-state index is -0.297. The SMILES string of the molecule is O=c1[nH]c(-c2ccc(Cl)cc2)nc2cc(CO)c(CO)cc12. The van der Waals surface area contributed by atoms with Crippen LogP contribution in [0.3, 0.4) is 0 Å². The first-order chi connectivity index (χ1) is 10.6. The Morgan fingerprint density at radius 3 is 2.32 bits per heavy atom. The lowest BCUT2D eigenvalue weighted by molar-refractivity contribution is 0.260. The van der Waals surface area contributed by atoms with Gasteiger partial charge in [-0.15, -0.1) is 0 Å². The van der Waals surface area contributed by atoms with Crippen molar-refractivity contribution < 1.29 is 10.2 Å². The van der Waals surface area contributed by atoms with Crippen molar-refractivity contribution in [1.82, 2.24) is 9.97 Å². The van der Waals surface area contributed by atoms with Crippen LogP contribution in [0.1, 0.15) is 11.1 Å². The van der Waals surface area contributed by atoms with Gasteiger partial charge in [-0.1, -0.05) is 11.6 Å². The number of H-pyrrole nitrogens is 1. The summed E-state index contributed by atoms with van der Waals surface area (Å²) in [6.07, 6.45) is 0. The zero-order valence-corrected chi connectivity index (χ0v) is 12.3. The van der Waals surface area contributed by atoms with Gasteiger partial charge in [0, 0.05) is 10.6 Å². The molecule has 0 unspecified atom stereocenters. The summed E-state index contributed by atoms with van der Waals surface area (Å²) in [5.74, 6) is 0.426. The van der Waals surface area contributed by atoms with Crippen molar-refractivity contribution in [3.8, 4) is 11.4 Å². The van der Waals surface area contributed by atoms with Gasteiger partial charge in [0.05, 0.1) is 24.1 Å². The third-order valence-corrected chi connectivity index (χ3v) is 3.74. The maximum Gasteiger partial charge on any atom is 0.259 e. The summed E-state index contributed by atoms with van der Waals surface area (Å²) in [5, 5.41) is 19.6. The quantitative estimate of drug-likeness (QED) is 0.691. The molecule has 1 heterocycles. The van der Waals surface area contributed by atoms with Crippen LogP contribution >= 0.6 is 11.6 Å². The molecule has 3 rings (SSSR count). The minimum Gasteiger partial charge on any atom is -0.392 e. The second-order valence-electron chi connectivity index (χ2n) is 4.88. The lowest BCUT2D eigenvalue weighted by atomic mass is 10.1. The van der Waals surface area contributed by atoms with Crippen molar-refractivity contribution in [2.75, 3.05) is 0 Å². The first-order valence-electron chi connectivity index (χ1n) is 6.66. The fourth-order valence-corrected chi connectivity index (χ4v) is 2.44. The van der Waals surface area contributed by atoms with E-state index in [2.05, 4.69) is 9.97 Å². The highest BCUT2D eigenvalue weighted by molar-refractivity contribution is 6.30. The van der Waals surface area contributed by atoms with E-state index in [1.54, 1.807) is 36.4 Å². The molecule has 0 atom stereocenters. The van der Waals surface area contributed by atoms with E-state index >= 15 is 0 Å². The highest BCUT2D eigenvalue weighted by Crippen LogP contribution is 2.21. The van der Waals surface area contributed by atoms with Crippen molar-refractivity contribution in [2.24, 2.45) is 0 Å². The number of aromatic amines is 1. The summed E-state index contributed by atoms with van der Waals surface area (Å²) in [5.41, 5.74) is 1.97. The number of hydrogen-bond donors (Lipinski definition) is 3. The third-order valence-electron chi connectivity index (χ3n) is 3.49. The molecule has 0 spiro atoms. The number of rotatable bonds is 3. The molecule has 0 aliphatic heterocycles. The van der Waals surface area contributed by atoms with E-state index < -0.39 is 0 Å². The van der Waals surface area contributed by atoms with E-state index in [0.29, 0.717) is 32.9 Å².